The van der Waals surface area contributed by atoms with E-state index >= 15 is 0 Å². The molecule has 0 rings (SSSR count). The lowest BCUT2D eigenvalue weighted by Gasteiger charge is -1.98. The number of hydrogen-bond acceptors (Lipinski definition) is 1. The highest BCUT2D eigenvalue weighted by molar-refractivity contribution is 7.99. The molecule has 0 heterocycles. The number of rotatable bonds is 3. The first kappa shape index (κ1) is 7.64. The molecule has 0 aliphatic heterocycles. The topological polar surface area (TPSA) is 0 Å². The predicted molar refractivity (Wildman–Crippen MR) is 38.3 cm³/mol. The fourth-order valence-electron chi connectivity index (χ4n) is 0.280. The molecule has 0 radical (unpaired) electrons. The molecule has 7 heavy (non-hydrogen) atoms. The molecule has 0 saturated carbocycles. The Morgan fingerprint density at radius 2 is 2.14 bits per heavy atom. The molecule has 0 spiro atoms. The van der Waals surface area contributed by atoms with E-state index in [-0.39, 0.29) is 0 Å². The Morgan fingerprint density at radius 3 is 2.29 bits per heavy atom. The van der Waals surface area contributed by atoms with Gasteiger partial charge in [0.25, 0.3) is 0 Å². The third-order valence-electron chi connectivity index (χ3n) is 0.528. The fraction of sp³-hybridized carbons (Fsp3) is 1.00. The van der Waals surface area contributed by atoms with Gasteiger partial charge in [-0.05, 0) is 5.25 Å². The summed E-state index contributed by atoms with van der Waals surface area (Å²) >= 11 is 7.32. The maximum absolute atomic E-state index is 5.42. The molecular formula is C5H11ClS. The first-order chi connectivity index (χ1) is 3.27. The van der Waals surface area contributed by atoms with E-state index in [0.717, 1.165) is 16.9 Å². The summed E-state index contributed by atoms with van der Waals surface area (Å²) in [5.41, 5.74) is 0. The van der Waals surface area contributed by atoms with Crippen LogP contribution in [0.15, 0.2) is 0 Å². The smallest absolute Gasteiger partial charge is 0.0314 e. The summed E-state index contributed by atoms with van der Waals surface area (Å²) in [4.78, 5) is 0. The second-order valence-corrected chi connectivity index (χ2v) is 3.67. The van der Waals surface area contributed by atoms with Gasteiger partial charge in [-0.15, -0.1) is 11.6 Å². The largest absolute Gasteiger partial charge is 0.158 e. The normalized spacial score (nSPS) is 10.3. The van der Waals surface area contributed by atoms with Crippen LogP contribution in [0.4, 0.5) is 0 Å². The van der Waals surface area contributed by atoms with Crippen molar-refractivity contribution in [3.8, 4) is 0 Å². The van der Waals surface area contributed by atoms with Gasteiger partial charge in [0.15, 0.2) is 0 Å². The van der Waals surface area contributed by atoms with Gasteiger partial charge < -0.3 is 0 Å². The Kier molecular flexibility index (Phi) is 5.23. The highest BCUT2D eigenvalue weighted by Crippen LogP contribution is 2.07. The molecule has 2 heteroatoms. The van der Waals surface area contributed by atoms with E-state index in [1.165, 1.54) is 0 Å². The molecular weight excluding hydrogens is 128 g/mol. The van der Waals surface area contributed by atoms with E-state index in [1.54, 1.807) is 0 Å². The second kappa shape index (κ2) is 4.79. The highest BCUT2D eigenvalue weighted by atomic mass is 35.5. The molecule has 0 bridgehead atoms. The van der Waals surface area contributed by atoms with Gasteiger partial charge >= 0.3 is 0 Å². The Morgan fingerprint density at radius 1 is 1.57 bits per heavy atom. The Bertz CT molecular complexity index is 37.1. The van der Waals surface area contributed by atoms with Crippen molar-refractivity contribution in [2.24, 2.45) is 0 Å². The van der Waals surface area contributed by atoms with Gasteiger partial charge in [-0.25, -0.2) is 0 Å². The van der Waals surface area contributed by atoms with Crippen molar-refractivity contribution in [2.45, 2.75) is 19.1 Å². The zero-order valence-corrected chi connectivity index (χ0v) is 6.35. The van der Waals surface area contributed by atoms with Gasteiger partial charge in [0.05, 0.1) is 0 Å². The van der Waals surface area contributed by atoms with Gasteiger partial charge in [0.1, 0.15) is 0 Å². The first-order valence-corrected chi connectivity index (χ1v) is 4.03. The standard InChI is InChI=1S/C5H11ClS/c1-5(2)7-4-3-6/h5H,3-4H2,1-2H3. The Balaban J connectivity index is 2.68. The quantitative estimate of drug-likeness (QED) is 0.540. The van der Waals surface area contributed by atoms with E-state index in [4.69, 9.17) is 11.6 Å². The maximum Gasteiger partial charge on any atom is 0.0314 e. The average molecular weight is 139 g/mol. The van der Waals surface area contributed by atoms with Crippen LogP contribution in [-0.4, -0.2) is 16.9 Å². The minimum atomic E-state index is 0.735. The highest BCUT2D eigenvalue weighted by Gasteiger charge is 1.89. The van der Waals surface area contributed by atoms with Crippen LogP contribution in [0.2, 0.25) is 0 Å². The lowest BCUT2D eigenvalue weighted by molar-refractivity contribution is 1.11. The zero-order chi connectivity index (χ0) is 5.70. The van der Waals surface area contributed by atoms with E-state index < -0.39 is 0 Å². The molecule has 0 aromatic carbocycles. The number of alkyl halides is 1. The van der Waals surface area contributed by atoms with Crippen LogP contribution in [0.3, 0.4) is 0 Å². The summed E-state index contributed by atoms with van der Waals surface area (Å²) in [5, 5.41) is 0.735. The summed E-state index contributed by atoms with van der Waals surface area (Å²) in [6.07, 6.45) is 0. The van der Waals surface area contributed by atoms with E-state index in [2.05, 4.69) is 13.8 Å². The average Bonchev–Trinajstić information content (AvgIpc) is 1.61. The third-order valence-corrected chi connectivity index (χ3v) is 2.05. The van der Waals surface area contributed by atoms with Gasteiger partial charge in [-0.1, -0.05) is 13.8 Å². The summed E-state index contributed by atoms with van der Waals surface area (Å²) in [5.74, 6) is 1.86. The molecule has 0 aromatic heterocycles. The van der Waals surface area contributed by atoms with Gasteiger partial charge in [0, 0.05) is 11.6 Å². The van der Waals surface area contributed by atoms with E-state index in [9.17, 15) is 0 Å². The zero-order valence-electron chi connectivity index (χ0n) is 4.78. The monoisotopic (exact) mass is 138 g/mol. The van der Waals surface area contributed by atoms with Crippen LogP contribution in [0.25, 0.3) is 0 Å². The van der Waals surface area contributed by atoms with Gasteiger partial charge in [-0.3, -0.25) is 0 Å². The summed E-state index contributed by atoms with van der Waals surface area (Å²) < 4.78 is 0. The van der Waals surface area contributed by atoms with Crippen molar-refractivity contribution in [1.29, 1.82) is 0 Å². The molecule has 0 aliphatic carbocycles. The molecule has 0 amide bonds. The molecule has 0 unspecified atom stereocenters. The van der Waals surface area contributed by atoms with E-state index in [0.29, 0.717) is 0 Å². The molecule has 0 atom stereocenters. The summed E-state index contributed by atoms with van der Waals surface area (Å²) in [6.45, 7) is 4.36. The molecule has 0 aromatic rings. The van der Waals surface area contributed by atoms with Gasteiger partial charge in [0.2, 0.25) is 0 Å². The van der Waals surface area contributed by atoms with Crippen LogP contribution in [-0.2, 0) is 0 Å². The van der Waals surface area contributed by atoms with Crippen molar-refractivity contribution in [3.63, 3.8) is 0 Å². The molecule has 0 saturated heterocycles. The first-order valence-electron chi connectivity index (χ1n) is 2.45. The van der Waals surface area contributed by atoms with Crippen LogP contribution < -0.4 is 0 Å². The number of hydrogen-bond donors (Lipinski definition) is 0. The second-order valence-electron chi connectivity index (χ2n) is 1.61. The Hall–Kier alpha value is 0.640. The minimum absolute atomic E-state index is 0.735. The third kappa shape index (κ3) is 6.64. The SMILES string of the molecule is CC(C)SCCCl. The maximum atomic E-state index is 5.42. The molecule has 44 valence electrons. The summed E-state index contributed by atoms with van der Waals surface area (Å²) in [6, 6.07) is 0. The van der Waals surface area contributed by atoms with E-state index in [1.807, 2.05) is 11.8 Å². The van der Waals surface area contributed by atoms with Crippen molar-refractivity contribution in [2.75, 3.05) is 11.6 Å². The molecule has 0 nitrogen and oxygen atoms in total. The summed E-state index contributed by atoms with van der Waals surface area (Å²) in [7, 11) is 0. The molecule has 0 fully saturated rings. The van der Waals surface area contributed by atoms with Crippen molar-refractivity contribution < 1.29 is 0 Å². The van der Waals surface area contributed by atoms with Crippen molar-refractivity contribution in [3.05, 3.63) is 0 Å². The van der Waals surface area contributed by atoms with Crippen molar-refractivity contribution >= 4 is 23.4 Å². The Labute approximate surface area is 54.6 Å². The van der Waals surface area contributed by atoms with Gasteiger partial charge in [-0.2, -0.15) is 11.8 Å². The number of halogens is 1. The van der Waals surface area contributed by atoms with Crippen LogP contribution in [0.5, 0.6) is 0 Å². The van der Waals surface area contributed by atoms with Crippen LogP contribution in [0, 0.1) is 0 Å². The lowest BCUT2D eigenvalue weighted by atomic mass is 10.6. The fourth-order valence-corrected chi connectivity index (χ4v) is 1.11. The predicted octanol–water partition coefficient (Wildman–Crippen LogP) is 2.37. The molecule has 0 aliphatic rings. The van der Waals surface area contributed by atoms with Crippen LogP contribution >= 0.6 is 23.4 Å². The minimum Gasteiger partial charge on any atom is -0.158 e. The lowest BCUT2D eigenvalue weighted by Crippen LogP contribution is -1.89. The van der Waals surface area contributed by atoms with Crippen LogP contribution in [0.1, 0.15) is 13.8 Å². The van der Waals surface area contributed by atoms with Crippen molar-refractivity contribution in [1.82, 2.24) is 0 Å². The number of thioether (sulfide) groups is 1. The molecule has 0 N–H and O–H groups in total.